The van der Waals surface area contributed by atoms with Crippen LogP contribution >= 0.6 is 0 Å². The fourth-order valence-corrected chi connectivity index (χ4v) is 4.14. The van der Waals surface area contributed by atoms with E-state index in [0.29, 0.717) is 12.1 Å². The molecule has 2 fully saturated rings. The molecule has 2 aliphatic rings. The van der Waals surface area contributed by atoms with Crippen molar-refractivity contribution in [3.63, 3.8) is 0 Å². The number of hydrogen-bond acceptors (Lipinski definition) is 2. The molecule has 0 aromatic heterocycles. The lowest BCUT2D eigenvalue weighted by molar-refractivity contribution is 0.0524. The Balaban J connectivity index is 1.91. The minimum absolute atomic E-state index is 0.709. The third-order valence-corrected chi connectivity index (χ3v) is 5.31. The molecular weight excluding hydrogens is 232 g/mol. The van der Waals surface area contributed by atoms with Gasteiger partial charge in [0.15, 0.2) is 0 Å². The van der Waals surface area contributed by atoms with Crippen molar-refractivity contribution in [2.75, 3.05) is 13.1 Å². The van der Waals surface area contributed by atoms with Crippen LogP contribution in [0.15, 0.2) is 0 Å². The smallest absolute Gasteiger partial charge is 0.0198 e. The second-order valence-corrected chi connectivity index (χ2v) is 7.42. The Morgan fingerprint density at radius 1 is 1.11 bits per heavy atom. The Morgan fingerprint density at radius 3 is 2.42 bits per heavy atom. The van der Waals surface area contributed by atoms with Gasteiger partial charge in [-0.15, -0.1) is 0 Å². The highest BCUT2D eigenvalue weighted by molar-refractivity contribution is 4.89. The standard InChI is InChI=1S/C17H34N2/c1-13(2)10-17-12-19(14(3)11-18-17)15(4)16-8-6-5-7-9-16/h13-18H,5-12H2,1-4H3. The number of nitrogens with zero attached hydrogens (tertiary/aromatic N) is 1. The van der Waals surface area contributed by atoms with Crippen molar-refractivity contribution in [1.29, 1.82) is 0 Å². The minimum atomic E-state index is 0.709. The van der Waals surface area contributed by atoms with Crippen LogP contribution in [0.1, 0.15) is 66.2 Å². The molecule has 0 bridgehead atoms. The lowest BCUT2D eigenvalue weighted by atomic mass is 9.83. The quantitative estimate of drug-likeness (QED) is 0.835. The van der Waals surface area contributed by atoms with Gasteiger partial charge in [0, 0.05) is 31.2 Å². The highest BCUT2D eigenvalue weighted by Crippen LogP contribution is 2.30. The summed E-state index contributed by atoms with van der Waals surface area (Å²) in [5.41, 5.74) is 0. The molecular formula is C17H34N2. The van der Waals surface area contributed by atoms with Gasteiger partial charge >= 0.3 is 0 Å². The van der Waals surface area contributed by atoms with E-state index in [0.717, 1.165) is 17.9 Å². The van der Waals surface area contributed by atoms with Crippen molar-refractivity contribution in [3.8, 4) is 0 Å². The van der Waals surface area contributed by atoms with Crippen molar-refractivity contribution in [3.05, 3.63) is 0 Å². The summed E-state index contributed by atoms with van der Waals surface area (Å²) in [7, 11) is 0. The topological polar surface area (TPSA) is 15.3 Å². The number of hydrogen-bond donors (Lipinski definition) is 1. The van der Waals surface area contributed by atoms with Gasteiger partial charge in [-0.05, 0) is 44.9 Å². The number of nitrogens with one attached hydrogen (secondary N) is 1. The van der Waals surface area contributed by atoms with E-state index < -0.39 is 0 Å². The van der Waals surface area contributed by atoms with Crippen molar-refractivity contribution in [1.82, 2.24) is 10.2 Å². The van der Waals surface area contributed by atoms with Gasteiger partial charge in [0.1, 0.15) is 0 Å². The highest BCUT2D eigenvalue weighted by atomic mass is 15.2. The maximum absolute atomic E-state index is 3.75. The van der Waals surface area contributed by atoms with Crippen LogP contribution < -0.4 is 5.32 Å². The van der Waals surface area contributed by atoms with Crippen molar-refractivity contribution in [2.24, 2.45) is 11.8 Å². The zero-order valence-electron chi connectivity index (χ0n) is 13.5. The molecule has 0 aromatic rings. The van der Waals surface area contributed by atoms with Gasteiger partial charge in [-0.2, -0.15) is 0 Å². The minimum Gasteiger partial charge on any atom is -0.311 e. The monoisotopic (exact) mass is 266 g/mol. The molecule has 2 heteroatoms. The Bertz CT molecular complexity index is 258. The zero-order valence-corrected chi connectivity index (χ0v) is 13.5. The molecule has 2 nitrogen and oxygen atoms in total. The lowest BCUT2D eigenvalue weighted by Gasteiger charge is -2.46. The van der Waals surface area contributed by atoms with E-state index in [2.05, 4.69) is 37.9 Å². The largest absolute Gasteiger partial charge is 0.311 e. The predicted octanol–water partition coefficient (Wildman–Crippen LogP) is 3.66. The van der Waals surface area contributed by atoms with E-state index in [1.54, 1.807) is 0 Å². The summed E-state index contributed by atoms with van der Waals surface area (Å²) in [5.74, 6) is 1.76. The molecule has 3 atom stereocenters. The van der Waals surface area contributed by atoms with Gasteiger partial charge < -0.3 is 5.32 Å². The van der Waals surface area contributed by atoms with Crippen LogP contribution in [0.5, 0.6) is 0 Å². The van der Waals surface area contributed by atoms with E-state index >= 15 is 0 Å². The highest BCUT2D eigenvalue weighted by Gasteiger charge is 2.32. The molecule has 0 amide bonds. The molecule has 1 saturated carbocycles. The number of rotatable bonds is 4. The second-order valence-electron chi connectivity index (χ2n) is 7.42. The molecule has 2 rings (SSSR count). The Morgan fingerprint density at radius 2 is 1.79 bits per heavy atom. The summed E-state index contributed by atoms with van der Waals surface area (Å²) in [6.07, 6.45) is 8.64. The van der Waals surface area contributed by atoms with Gasteiger partial charge in [0.05, 0.1) is 0 Å². The first-order valence-corrected chi connectivity index (χ1v) is 8.57. The summed E-state index contributed by atoms with van der Waals surface area (Å²) in [5, 5.41) is 3.75. The fourth-order valence-electron chi connectivity index (χ4n) is 4.14. The van der Waals surface area contributed by atoms with Crippen molar-refractivity contribution < 1.29 is 0 Å². The summed E-state index contributed by atoms with van der Waals surface area (Å²) in [4.78, 5) is 2.81. The summed E-state index contributed by atoms with van der Waals surface area (Å²) >= 11 is 0. The van der Waals surface area contributed by atoms with E-state index in [1.165, 1.54) is 51.6 Å². The molecule has 1 aliphatic carbocycles. The first-order chi connectivity index (χ1) is 9.08. The van der Waals surface area contributed by atoms with Gasteiger partial charge in [-0.3, -0.25) is 4.90 Å². The van der Waals surface area contributed by atoms with Gasteiger partial charge in [-0.1, -0.05) is 33.1 Å². The fraction of sp³-hybridized carbons (Fsp3) is 1.00. The van der Waals surface area contributed by atoms with Gasteiger partial charge in [0.2, 0.25) is 0 Å². The third kappa shape index (κ3) is 4.19. The average molecular weight is 266 g/mol. The molecule has 1 N–H and O–H groups in total. The molecule has 0 radical (unpaired) electrons. The summed E-state index contributed by atoms with van der Waals surface area (Å²) < 4.78 is 0. The molecule has 0 aromatic carbocycles. The maximum Gasteiger partial charge on any atom is 0.0198 e. The maximum atomic E-state index is 3.75. The normalized spacial score (nSPS) is 32.7. The third-order valence-electron chi connectivity index (χ3n) is 5.31. The molecule has 112 valence electrons. The summed E-state index contributed by atoms with van der Waals surface area (Å²) in [6, 6.07) is 2.20. The molecule has 1 heterocycles. The van der Waals surface area contributed by atoms with E-state index in [-0.39, 0.29) is 0 Å². The Labute approximate surface area is 120 Å². The van der Waals surface area contributed by atoms with Gasteiger partial charge in [-0.25, -0.2) is 0 Å². The van der Waals surface area contributed by atoms with Crippen LogP contribution in [-0.2, 0) is 0 Å². The van der Waals surface area contributed by atoms with E-state index in [1.807, 2.05) is 0 Å². The molecule has 0 spiro atoms. The first-order valence-electron chi connectivity index (χ1n) is 8.57. The first kappa shape index (κ1) is 15.3. The average Bonchev–Trinajstić information content (AvgIpc) is 2.40. The van der Waals surface area contributed by atoms with Crippen LogP contribution in [0.2, 0.25) is 0 Å². The zero-order chi connectivity index (χ0) is 13.8. The van der Waals surface area contributed by atoms with Crippen LogP contribution in [-0.4, -0.2) is 36.1 Å². The van der Waals surface area contributed by atoms with E-state index in [9.17, 15) is 0 Å². The molecule has 1 saturated heterocycles. The Kier molecular flexibility index (Phi) is 5.70. The van der Waals surface area contributed by atoms with Crippen LogP contribution in [0.25, 0.3) is 0 Å². The lowest BCUT2D eigenvalue weighted by Crippen LogP contribution is -2.59. The van der Waals surface area contributed by atoms with Crippen LogP contribution in [0.4, 0.5) is 0 Å². The van der Waals surface area contributed by atoms with Crippen LogP contribution in [0.3, 0.4) is 0 Å². The van der Waals surface area contributed by atoms with Crippen LogP contribution in [0, 0.1) is 11.8 Å². The Hall–Kier alpha value is -0.0800. The molecule has 1 aliphatic heterocycles. The SMILES string of the molecule is CC(C)CC1CN(C(C)C2CCCCC2)C(C)CN1. The van der Waals surface area contributed by atoms with Gasteiger partial charge in [0.25, 0.3) is 0 Å². The second kappa shape index (κ2) is 7.08. The number of piperazine rings is 1. The summed E-state index contributed by atoms with van der Waals surface area (Å²) in [6.45, 7) is 12.0. The molecule has 19 heavy (non-hydrogen) atoms. The van der Waals surface area contributed by atoms with Crippen molar-refractivity contribution in [2.45, 2.75) is 84.3 Å². The van der Waals surface area contributed by atoms with Crippen molar-refractivity contribution >= 4 is 0 Å². The van der Waals surface area contributed by atoms with E-state index in [4.69, 9.17) is 0 Å². The predicted molar refractivity (Wildman–Crippen MR) is 83.5 cm³/mol. The molecule has 3 unspecified atom stereocenters.